The molecule has 0 aliphatic carbocycles. The Morgan fingerprint density at radius 2 is 1.93 bits per heavy atom. The van der Waals surface area contributed by atoms with Gasteiger partial charge in [0.05, 0.1) is 24.8 Å². The molecule has 2 aromatic carbocycles. The van der Waals surface area contributed by atoms with Crippen LogP contribution in [0.1, 0.15) is 25.3 Å². The Morgan fingerprint density at radius 3 is 2.71 bits per heavy atom. The van der Waals surface area contributed by atoms with E-state index in [0.717, 1.165) is 18.4 Å². The summed E-state index contributed by atoms with van der Waals surface area (Å²) in [4.78, 5) is 28.8. The first-order valence-corrected chi connectivity index (χ1v) is 9.11. The molecular formula is C21H23N3O4. The number of aromatic nitrogens is 2. The number of carbonyl (C=O) groups excluding carboxylic acids is 1. The molecule has 0 radical (unpaired) electrons. The van der Waals surface area contributed by atoms with E-state index in [4.69, 9.17) is 9.47 Å². The molecule has 3 rings (SSSR count). The normalized spacial score (nSPS) is 11.1. The third-order valence-electron chi connectivity index (χ3n) is 4.15. The van der Waals surface area contributed by atoms with Crippen molar-refractivity contribution in [3.8, 4) is 11.5 Å². The van der Waals surface area contributed by atoms with Gasteiger partial charge >= 0.3 is 5.69 Å². The summed E-state index contributed by atoms with van der Waals surface area (Å²) in [5, 5.41) is 2.77. The predicted octanol–water partition coefficient (Wildman–Crippen LogP) is 3.70. The molecule has 1 heterocycles. The number of rotatable bonds is 8. The molecule has 28 heavy (non-hydrogen) atoms. The second-order valence-corrected chi connectivity index (χ2v) is 6.27. The SMILES string of the molecule is CCCCOc1ccc(/C=C/C(=O)Nc2ccc3[nH]c(=O)[nH]c3c2)cc1OC. The number of hydrogen-bond donors (Lipinski definition) is 3. The van der Waals surface area contributed by atoms with E-state index in [9.17, 15) is 9.59 Å². The first-order chi connectivity index (χ1) is 13.6. The number of imidazole rings is 1. The molecule has 1 amide bonds. The summed E-state index contributed by atoms with van der Waals surface area (Å²) >= 11 is 0. The lowest BCUT2D eigenvalue weighted by Crippen LogP contribution is -2.07. The molecule has 0 aliphatic heterocycles. The maximum atomic E-state index is 12.2. The van der Waals surface area contributed by atoms with Crippen molar-refractivity contribution in [3.63, 3.8) is 0 Å². The summed E-state index contributed by atoms with van der Waals surface area (Å²) in [7, 11) is 1.59. The maximum absolute atomic E-state index is 12.2. The number of nitrogens with one attached hydrogen (secondary N) is 3. The predicted molar refractivity (Wildman–Crippen MR) is 110 cm³/mol. The molecule has 0 unspecified atom stereocenters. The van der Waals surface area contributed by atoms with Crippen LogP contribution in [-0.4, -0.2) is 29.6 Å². The van der Waals surface area contributed by atoms with Crippen LogP contribution >= 0.6 is 0 Å². The monoisotopic (exact) mass is 381 g/mol. The maximum Gasteiger partial charge on any atom is 0.323 e. The number of anilines is 1. The molecule has 0 bridgehead atoms. The molecule has 0 spiro atoms. The lowest BCUT2D eigenvalue weighted by atomic mass is 10.2. The van der Waals surface area contributed by atoms with E-state index in [1.54, 1.807) is 31.4 Å². The molecule has 7 heteroatoms. The molecule has 0 fully saturated rings. The highest BCUT2D eigenvalue weighted by molar-refractivity contribution is 6.02. The van der Waals surface area contributed by atoms with E-state index in [1.165, 1.54) is 6.08 Å². The van der Waals surface area contributed by atoms with Gasteiger partial charge < -0.3 is 24.8 Å². The van der Waals surface area contributed by atoms with Crippen LogP contribution in [0, 0.1) is 0 Å². The Morgan fingerprint density at radius 1 is 1.11 bits per heavy atom. The standard InChI is InChI=1S/C21H23N3O4/c1-3-4-11-28-18-9-5-14(12-19(18)27-2)6-10-20(25)22-15-7-8-16-17(13-15)24-21(26)23-16/h5-10,12-13H,3-4,11H2,1-2H3,(H,22,25)(H2,23,24,26)/b10-6+. The number of hydrogen-bond acceptors (Lipinski definition) is 4. The molecule has 3 N–H and O–H groups in total. The number of H-pyrrole nitrogens is 2. The van der Waals surface area contributed by atoms with Gasteiger partial charge in [0, 0.05) is 11.8 Å². The zero-order chi connectivity index (χ0) is 19.9. The fraction of sp³-hybridized carbons (Fsp3) is 0.238. The van der Waals surface area contributed by atoms with Crippen LogP contribution in [0.15, 0.2) is 47.3 Å². The molecule has 0 saturated heterocycles. The van der Waals surface area contributed by atoms with Gasteiger partial charge in [0.1, 0.15) is 0 Å². The van der Waals surface area contributed by atoms with E-state index in [1.807, 2.05) is 18.2 Å². The van der Waals surface area contributed by atoms with Crippen molar-refractivity contribution in [1.82, 2.24) is 9.97 Å². The largest absolute Gasteiger partial charge is 0.493 e. The summed E-state index contributed by atoms with van der Waals surface area (Å²) < 4.78 is 11.1. The molecule has 1 aromatic heterocycles. The fourth-order valence-corrected chi connectivity index (χ4v) is 2.70. The molecule has 0 aliphatic rings. The Kier molecular flexibility index (Phi) is 6.16. The van der Waals surface area contributed by atoms with Gasteiger partial charge in [0.25, 0.3) is 0 Å². The van der Waals surface area contributed by atoms with Crippen molar-refractivity contribution in [2.75, 3.05) is 19.0 Å². The number of amides is 1. The average molecular weight is 381 g/mol. The summed E-state index contributed by atoms with van der Waals surface area (Å²) in [5.74, 6) is 1.03. The number of aromatic amines is 2. The van der Waals surface area contributed by atoms with Crippen LogP contribution in [0.3, 0.4) is 0 Å². The van der Waals surface area contributed by atoms with Gasteiger partial charge in [0.2, 0.25) is 5.91 Å². The number of unbranched alkanes of at least 4 members (excludes halogenated alkanes) is 1. The molecular weight excluding hydrogens is 358 g/mol. The highest BCUT2D eigenvalue weighted by Gasteiger charge is 2.06. The lowest BCUT2D eigenvalue weighted by molar-refractivity contribution is -0.111. The number of ether oxygens (including phenoxy) is 2. The van der Waals surface area contributed by atoms with Crippen LogP contribution < -0.4 is 20.5 Å². The average Bonchev–Trinajstić information content (AvgIpc) is 3.06. The number of fused-ring (bicyclic) bond motifs is 1. The third kappa shape index (κ3) is 4.82. The van der Waals surface area contributed by atoms with Crippen molar-refractivity contribution in [2.24, 2.45) is 0 Å². The number of carbonyl (C=O) groups is 1. The minimum Gasteiger partial charge on any atom is -0.493 e. The number of methoxy groups -OCH3 is 1. The molecule has 146 valence electrons. The quantitative estimate of drug-likeness (QED) is 0.409. The minimum atomic E-state index is -0.283. The van der Waals surface area contributed by atoms with Gasteiger partial charge in [-0.25, -0.2) is 4.79 Å². The smallest absolute Gasteiger partial charge is 0.323 e. The van der Waals surface area contributed by atoms with Crippen LogP contribution in [0.25, 0.3) is 17.1 Å². The molecule has 0 atom stereocenters. The molecule has 0 saturated carbocycles. The van der Waals surface area contributed by atoms with E-state index in [-0.39, 0.29) is 11.6 Å². The second-order valence-electron chi connectivity index (χ2n) is 6.27. The molecule has 3 aromatic rings. The van der Waals surface area contributed by atoms with Gasteiger partial charge in [-0.3, -0.25) is 4.79 Å². The van der Waals surface area contributed by atoms with Crippen molar-refractivity contribution in [2.45, 2.75) is 19.8 Å². The Bertz CT molecular complexity index is 1050. The Balaban J connectivity index is 1.66. The van der Waals surface area contributed by atoms with Crippen LogP contribution in [0.5, 0.6) is 11.5 Å². The lowest BCUT2D eigenvalue weighted by Gasteiger charge is -2.11. The highest BCUT2D eigenvalue weighted by atomic mass is 16.5. The summed E-state index contributed by atoms with van der Waals surface area (Å²) in [5.41, 5.74) is 2.45. The van der Waals surface area contributed by atoms with E-state index in [2.05, 4.69) is 22.2 Å². The zero-order valence-corrected chi connectivity index (χ0v) is 15.9. The van der Waals surface area contributed by atoms with Crippen molar-refractivity contribution < 1.29 is 14.3 Å². The van der Waals surface area contributed by atoms with Crippen molar-refractivity contribution >= 4 is 28.7 Å². The topological polar surface area (TPSA) is 96.2 Å². The van der Waals surface area contributed by atoms with E-state index >= 15 is 0 Å². The highest BCUT2D eigenvalue weighted by Crippen LogP contribution is 2.28. The third-order valence-corrected chi connectivity index (χ3v) is 4.15. The van der Waals surface area contributed by atoms with Crippen LogP contribution in [0.2, 0.25) is 0 Å². The molecule has 7 nitrogen and oxygen atoms in total. The first-order valence-electron chi connectivity index (χ1n) is 9.11. The fourth-order valence-electron chi connectivity index (χ4n) is 2.70. The first kappa shape index (κ1) is 19.3. The summed E-state index contributed by atoms with van der Waals surface area (Å²) in [6.45, 7) is 2.75. The second kappa shape index (κ2) is 8.94. The van der Waals surface area contributed by atoms with Gasteiger partial charge in [-0.05, 0) is 48.4 Å². The minimum absolute atomic E-state index is 0.278. The summed E-state index contributed by atoms with van der Waals surface area (Å²) in [6, 6.07) is 10.7. The zero-order valence-electron chi connectivity index (χ0n) is 15.9. The Labute approximate surface area is 162 Å². The number of benzene rings is 2. The van der Waals surface area contributed by atoms with Gasteiger partial charge in [-0.15, -0.1) is 0 Å². The van der Waals surface area contributed by atoms with Crippen molar-refractivity contribution in [1.29, 1.82) is 0 Å². The summed E-state index contributed by atoms with van der Waals surface area (Å²) in [6.07, 6.45) is 5.18. The van der Waals surface area contributed by atoms with E-state index < -0.39 is 0 Å². The van der Waals surface area contributed by atoms with Gasteiger partial charge in [-0.1, -0.05) is 19.4 Å². The van der Waals surface area contributed by atoms with Gasteiger partial charge in [-0.2, -0.15) is 0 Å². The van der Waals surface area contributed by atoms with Crippen LogP contribution in [0.4, 0.5) is 5.69 Å². The van der Waals surface area contributed by atoms with Crippen molar-refractivity contribution in [3.05, 3.63) is 58.5 Å². The Hall–Kier alpha value is -3.48. The van der Waals surface area contributed by atoms with E-state index in [0.29, 0.717) is 34.8 Å². The van der Waals surface area contributed by atoms with Gasteiger partial charge in [0.15, 0.2) is 11.5 Å². The van der Waals surface area contributed by atoms with Crippen LogP contribution in [-0.2, 0) is 4.79 Å².